The minimum atomic E-state index is -1.80. The lowest BCUT2D eigenvalue weighted by Crippen LogP contribution is -2.60. The van der Waals surface area contributed by atoms with Gasteiger partial charge in [-0.1, -0.05) is 53.3 Å². The van der Waals surface area contributed by atoms with E-state index in [-0.39, 0.29) is 48.1 Å². The first kappa shape index (κ1) is 38.9. The number of hydrogen-bond donors (Lipinski definition) is 3. The number of hydrogen-bond acceptors (Lipinski definition) is 11. The zero-order chi connectivity index (χ0) is 37.6. The zero-order valence-corrected chi connectivity index (χ0v) is 33.2. The smallest absolute Gasteiger partial charge is 0.195 e. The maximum absolute atomic E-state index is 12.1. The predicted octanol–water partition coefficient (Wildman–Crippen LogP) is 5.86. The average Bonchev–Trinajstić information content (AvgIpc) is 3.81. The molecule has 8 heterocycles. The van der Waals surface area contributed by atoms with E-state index in [1.807, 2.05) is 13.0 Å². The summed E-state index contributed by atoms with van der Waals surface area (Å²) >= 11 is 0. The maximum atomic E-state index is 12.1. The summed E-state index contributed by atoms with van der Waals surface area (Å²) in [5, 5.41) is 27.7. The molecule has 18 unspecified atom stereocenters. The molecule has 8 aliphatic rings. The van der Waals surface area contributed by atoms with Crippen LogP contribution in [0.1, 0.15) is 119 Å². The van der Waals surface area contributed by atoms with Gasteiger partial charge in [0.05, 0.1) is 36.6 Å². The van der Waals surface area contributed by atoms with Crippen LogP contribution < -0.4 is 5.32 Å². The molecule has 2 bridgehead atoms. The molecule has 8 aliphatic heterocycles. The molecule has 2 spiro atoms. The molecule has 3 N–H and O–H groups in total. The molecule has 11 heteroatoms. The van der Waals surface area contributed by atoms with Crippen LogP contribution >= 0.6 is 0 Å². The van der Waals surface area contributed by atoms with E-state index < -0.39 is 41.5 Å². The van der Waals surface area contributed by atoms with Crippen LogP contribution in [0.2, 0.25) is 0 Å². The topological polar surface area (TPSA) is 126 Å². The number of rotatable bonds is 8. The first-order chi connectivity index (χ1) is 25.1. The fourth-order valence-corrected chi connectivity index (χ4v) is 11.6. The first-order valence-electron chi connectivity index (χ1n) is 20.9. The second-order valence-corrected chi connectivity index (χ2v) is 18.8. The molecule has 8 rings (SSSR count). The van der Waals surface area contributed by atoms with Gasteiger partial charge in [-0.3, -0.25) is 5.32 Å². The number of fused-ring (bicyclic) bond motifs is 5. The third-order valence-electron chi connectivity index (χ3n) is 14.6. The van der Waals surface area contributed by atoms with Gasteiger partial charge in [-0.2, -0.15) is 0 Å². The molecule has 0 aromatic carbocycles. The van der Waals surface area contributed by atoms with Crippen molar-refractivity contribution in [2.45, 2.75) is 196 Å². The molecule has 11 nitrogen and oxygen atoms in total. The van der Waals surface area contributed by atoms with Crippen LogP contribution in [0.3, 0.4) is 0 Å². The van der Waals surface area contributed by atoms with Gasteiger partial charge in [0, 0.05) is 70.9 Å². The van der Waals surface area contributed by atoms with E-state index in [0.717, 1.165) is 57.1 Å². The highest BCUT2D eigenvalue weighted by Gasteiger charge is 2.63. The third-order valence-corrected chi connectivity index (χ3v) is 14.6. The summed E-state index contributed by atoms with van der Waals surface area (Å²) in [7, 11) is 1.70. The predicted molar refractivity (Wildman–Crippen MR) is 196 cm³/mol. The van der Waals surface area contributed by atoms with Gasteiger partial charge in [0.15, 0.2) is 23.1 Å². The highest BCUT2D eigenvalue weighted by atomic mass is 16.8. The van der Waals surface area contributed by atoms with Gasteiger partial charge in [0.25, 0.3) is 0 Å². The Hall–Kier alpha value is -0.960. The second-order valence-electron chi connectivity index (χ2n) is 18.8. The van der Waals surface area contributed by atoms with Crippen LogP contribution in [0.5, 0.6) is 0 Å². The molecule has 0 amide bonds. The second kappa shape index (κ2) is 14.1. The van der Waals surface area contributed by atoms with Crippen LogP contribution in [0.15, 0.2) is 24.3 Å². The van der Waals surface area contributed by atoms with Crippen molar-refractivity contribution in [2.75, 3.05) is 13.7 Å². The van der Waals surface area contributed by atoms with Crippen molar-refractivity contribution in [1.29, 1.82) is 0 Å². The standard InChI is InChI=1S/C42H67NO10/c1-9-10-12-38(46-8)14-15-42(53-38)29(7)18-30-31(50-42)19-33(47-30)37(44)41(45)13-11-26(4)35(52-41)27(5)21-39-20-24(2)17-32(48-39)36-34(49-39)22-40(51-36)28(6)16-25(3)23-43-40/h9-10,24-26,28-37,43-45H,5,11-23H2,1-4,6-8H3/b10-9-. The van der Waals surface area contributed by atoms with Gasteiger partial charge in [-0.05, 0) is 61.9 Å². The first-order valence-corrected chi connectivity index (χ1v) is 20.9. The van der Waals surface area contributed by atoms with E-state index in [2.05, 4.69) is 52.6 Å². The number of aliphatic hydroxyl groups excluding tert-OH is 1. The van der Waals surface area contributed by atoms with Gasteiger partial charge >= 0.3 is 0 Å². The lowest BCUT2D eigenvalue weighted by Gasteiger charge is -2.52. The molecule has 0 saturated carbocycles. The van der Waals surface area contributed by atoms with Crippen LogP contribution in [0.4, 0.5) is 0 Å². The van der Waals surface area contributed by atoms with E-state index in [1.54, 1.807) is 7.11 Å². The van der Waals surface area contributed by atoms with Gasteiger partial charge in [0.1, 0.15) is 17.9 Å². The highest BCUT2D eigenvalue weighted by Crippen LogP contribution is 2.55. The molecule has 8 saturated heterocycles. The fourth-order valence-electron chi connectivity index (χ4n) is 11.6. The molecule has 300 valence electrons. The maximum Gasteiger partial charge on any atom is 0.195 e. The van der Waals surface area contributed by atoms with Crippen molar-refractivity contribution in [3.63, 3.8) is 0 Å². The van der Waals surface area contributed by atoms with Crippen LogP contribution in [0.25, 0.3) is 0 Å². The lowest BCUT2D eigenvalue weighted by molar-refractivity contribution is -0.366. The van der Waals surface area contributed by atoms with E-state index in [0.29, 0.717) is 49.9 Å². The third kappa shape index (κ3) is 6.83. The number of piperidine rings is 1. The minimum Gasteiger partial charge on any atom is -0.385 e. The summed E-state index contributed by atoms with van der Waals surface area (Å²) in [5.74, 6) is -2.57. The zero-order valence-electron chi connectivity index (χ0n) is 33.2. The summed E-state index contributed by atoms with van der Waals surface area (Å²) in [5.41, 5.74) is 0.435. The average molecular weight is 746 g/mol. The highest BCUT2D eigenvalue weighted by molar-refractivity contribution is 5.14. The van der Waals surface area contributed by atoms with Crippen LogP contribution in [0, 0.1) is 29.6 Å². The largest absolute Gasteiger partial charge is 0.385 e. The number of allylic oxidation sites excluding steroid dienone is 1. The Morgan fingerprint density at radius 1 is 0.887 bits per heavy atom. The minimum absolute atomic E-state index is 0.0534. The Morgan fingerprint density at radius 2 is 1.68 bits per heavy atom. The summed E-state index contributed by atoms with van der Waals surface area (Å²) in [6.07, 6.45) is 9.33. The molecule has 8 fully saturated rings. The summed E-state index contributed by atoms with van der Waals surface area (Å²) in [4.78, 5) is 0. The Bertz CT molecular complexity index is 1400. The van der Waals surface area contributed by atoms with Gasteiger partial charge in [0.2, 0.25) is 0 Å². The van der Waals surface area contributed by atoms with Crippen molar-refractivity contribution in [3.05, 3.63) is 24.3 Å². The van der Waals surface area contributed by atoms with Crippen molar-refractivity contribution < 1.29 is 48.1 Å². The molecule has 0 radical (unpaired) electrons. The Balaban J connectivity index is 0.927. The van der Waals surface area contributed by atoms with E-state index in [1.165, 1.54) is 0 Å². The van der Waals surface area contributed by atoms with E-state index in [4.69, 9.17) is 37.9 Å². The van der Waals surface area contributed by atoms with Gasteiger partial charge in [-0.15, -0.1) is 0 Å². The Kier molecular flexibility index (Phi) is 10.4. The van der Waals surface area contributed by atoms with Crippen LogP contribution in [-0.2, 0) is 37.9 Å². The summed E-state index contributed by atoms with van der Waals surface area (Å²) in [6, 6.07) is 0. The molecule has 0 aromatic rings. The SMILES string of the molecule is C=C(CC12CC(C)CC(O1)C1OC3(CC1O2)NCC(C)CC3C)C1OC(O)(C(O)C2CC3OC4(CCC(C/C=C\C)(OC)O4)C(C)CC3O2)CCC1C. The lowest BCUT2D eigenvalue weighted by atomic mass is 9.79. The van der Waals surface area contributed by atoms with Crippen molar-refractivity contribution in [3.8, 4) is 0 Å². The van der Waals surface area contributed by atoms with Crippen molar-refractivity contribution >= 4 is 0 Å². The quantitative estimate of drug-likeness (QED) is 0.259. The molecular formula is C42H67NO10. The summed E-state index contributed by atoms with van der Waals surface area (Å²) in [6.45, 7) is 18.6. The van der Waals surface area contributed by atoms with E-state index >= 15 is 0 Å². The molecule has 53 heavy (non-hydrogen) atoms. The Labute approximate surface area is 316 Å². The number of methoxy groups -OCH3 is 1. The monoisotopic (exact) mass is 745 g/mol. The molecule has 18 atom stereocenters. The summed E-state index contributed by atoms with van der Waals surface area (Å²) < 4.78 is 53.1. The fraction of sp³-hybridized carbons (Fsp3) is 0.905. The van der Waals surface area contributed by atoms with Crippen molar-refractivity contribution in [2.24, 2.45) is 29.6 Å². The molecule has 0 aliphatic carbocycles. The van der Waals surface area contributed by atoms with Crippen molar-refractivity contribution in [1.82, 2.24) is 5.32 Å². The van der Waals surface area contributed by atoms with Gasteiger partial charge in [-0.25, -0.2) is 0 Å². The number of ether oxygens (including phenoxy) is 8. The Morgan fingerprint density at radius 3 is 2.43 bits per heavy atom. The molecule has 0 aromatic heterocycles. The van der Waals surface area contributed by atoms with E-state index in [9.17, 15) is 10.2 Å². The normalized spacial score (nSPS) is 54.4. The number of aliphatic hydroxyl groups is 2. The van der Waals surface area contributed by atoms with Crippen LogP contribution in [-0.4, -0.2) is 102 Å². The van der Waals surface area contributed by atoms with Gasteiger partial charge < -0.3 is 48.1 Å². The number of nitrogens with one attached hydrogen (secondary N) is 1. The molecular weight excluding hydrogens is 678 g/mol.